The molecule has 0 saturated heterocycles. The van der Waals surface area contributed by atoms with Crippen LogP contribution in [0, 0.1) is 17.5 Å². The van der Waals surface area contributed by atoms with Crippen LogP contribution in [0.1, 0.15) is 15.2 Å². The Morgan fingerprint density at radius 1 is 0.850 bits per heavy atom. The first-order valence-corrected chi connectivity index (χ1v) is 6.54. The zero-order chi connectivity index (χ0) is 14.3. The van der Waals surface area contributed by atoms with Gasteiger partial charge in [0.2, 0.25) is 5.78 Å². The van der Waals surface area contributed by atoms with Crippen LogP contribution in [0.15, 0.2) is 42.5 Å². The number of fused-ring (bicyclic) bond motifs is 1. The van der Waals surface area contributed by atoms with Gasteiger partial charge in [0.1, 0.15) is 17.5 Å². The molecular weight excluding hydrogens is 285 g/mol. The topological polar surface area (TPSA) is 17.1 Å². The first kappa shape index (κ1) is 12.9. The maximum absolute atomic E-state index is 13.1. The van der Waals surface area contributed by atoms with Crippen molar-refractivity contribution in [3.05, 3.63) is 70.4 Å². The third-order valence-electron chi connectivity index (χ3n) is 2.83. The van der Waals surface area contributed by atoms with Gasteiger partial charge in [-0.25, -0.2) is 13.2 Å². The van der Waals surface area contributed by atoms with Crippen molar-refractivity contribution in [1.82, 2.24) is 0 Å². The molecule has 3 rings (SSSR count). The normalized spacial score (nSPS) is 10.9. The Kier molecular flexibility index (Phi) is 3.06. The molecule has 0 aliphatic rings. The lowest BCUT2D eigenvalue weighted by Crippen LogP contribution is -2.00. The summed E-state index contributed by atoms with van der Waals surface area (Å²) in [5, 5.41) is 0.719. The molecule has 0 aliphatic heterocycles. The fourth-order valence-corrected chi connectivity index (χ4v) is 2.99. The molecule has 0 bridgehead atoms. The van der Waals surface area contributed by atoms with E-state index in [4.69, 9.17) is 0 Å². The molecule has 0 spiro atoms. The molecule has 1 heterocycles. The third-order valence-corrected chi connectivity index (χ3v) is 3.93. The summed E-state index contributed by atoms with van der Waals surface area (Å²) >= 11 is 1.09. The molecule has 0 N–H and O–H groups in total. The van der Waals surface area contributed by atoms with Crippen LogP contribution in [-0.2, 0) is 0 Å². The van der Waals surface area contributed by atoms with E-state index in [0.717, 1.165) is 28.9 Å². The number of hydrogen-bond acceptors (Lipinski definition) is 2. The minimum atomic E-state index is -0.805. The molecular formula is C15H7F3OS. The number of thiophene rings is 1. The standard InChI is InChI=1S/C15H7F3OS/c16-10-2-1-8-5-14(20-13(8)7-10)15(19)9-3-11(17)6-12(18)4-9/h1-7H. The summed E-state index contributed by atoms with van der Waals surface area (Å²) in [7, 11) is 0. The number of halogens is 3. The van der Waals surface area contributed by atoms with Gasteiger partial charge in [-0.3, -0.25) is 4.79 Å². The minimum absolute atomic E-state index is 0.0606. The van der Waals surface area contributed by atoms with E-state index in [-0.39, 0.29) is 5.56 Å². The molecule has 3 aromatic rings. The van der Waals surface area contributed by atoms with Crippen LogP contribution in [0.25, 0.3) is 10.1 Å². The molecule has 0 amide bonds. The molecule has 100 valence electrons. The molecule has 1 nitrogen and oxygen atoms in total. The summed E-state index contributed by atoms with van der Waals surface area (Å²) in [6.45, 7) is 0. The van der Waals surface area contributed by atoms with Crippen molar-refractivity contribution in [2.75, 3.05) is 0 Å². The summed E-state index contributed by atoms with van der Waals surface area (Å²) < 4.78 is 40.0. The van der Waals surface area contributed by atoms with Gasteiger partial charge in [0.05, 0.1) is 4.88 Å². The van der Waals surface area contributed by atoms with Gasteiger partial charge in [0.15, 0.2) is 0 Å². The summed E-state index contributed by atoms with van der Waals surface area (Å²) in [6.07, 6.45) is 0. The van der Waals surface area contributed by atoms with E-state index in [1.807, 2.05) is 0 Å². The van der Waals surface area contributed by atoms with Crippen LogP contribution in [0.3, 0.4) is 0 Å². The van der Waals surface area contributed by atoms with Crippen LogP contribution in [0.2, 0.25) is 0 Å². The van der Waals surface area contributed by atoms with Gasteiger partial charge in [-0.05, 0) is 35.7 Å². The molecule has 2 aromatic carbocycles. The average molecular weight is 292 g/mol. The van der Waals surface area contributed by atoms with Gasteiger partial charge in [0.25, 0.3) is 0 Å². The number of carbonyl (C=O) groups is 1. The highest BCUT2D eigenvalue weighted by atomic mass is 32.1. The molecule has 0 saturated carbocycles. The number of hydrogen-bond donors (Lipinski definition) is 0. The summed E-state index contributed by atoms with van der Waals surface area (Å²) in [5.74, 6) is -2.49. The SMILES string of the molecule is O=C(c1cc(F)cc(F)c1)c1cc2ccc(F)cc2s1. The van der Waals surface area contributed by atoms with E-state index in [2.05, 4.69) is 0 Å². The number of ketones is 1. The van der Waals surface area contributed by atoms with Gasteiger partial charge < -0.3 is 0 Å². The van der Waals surface area contributed by atoms with Crippen molar-refractivity contribution in [3.8, 4) is 0 Å². The molecule has 0 aliphatic carbocycles. The highest BCUT2D eigenvalue weighted by Crippen LogP contribution is 2.28. The van der Waals surface area contributed by atoms with Crippen LogP contribution >= 0.6 is 11.3 Å². The quantitative estimate of drug-likeness (QED) is 0.633. The third kappa shape index (κ3) is 2.32. The van der Waals surface area contributed by atoms with Crippen LogP contribution in [0.5, 0.6) is 0 Å². The predicted molar refractivity (Wildman–Crippen MR) is 71.6 cm³/mol. The Labute approximate surface area is 116 Å². The second-order valence-corrected chi connectivity index (χ2v) is 5.36. The summed E-state index contributed by atoms with van der Waals surface area (Å²) in [4.78, 5) is 12.5. The van der Waals surface area contributed by atoms with Crippen molar-refractivity contribution >= 4 is 27.2 Å². The zero-order valence-corrected chi connectivity index (χ0v) is 10.8. The number of benzene rings is 2. The maximum Gasteiger partial charge on any atom is 0.203 e. The highest BCUT2D eigenvalue weighted by molar-refractivity contribution is 7.21. The van der Waals surface area contributed by atoms with E-state index in [1.165, 1.54) is 12.1 Å². The lowest BCUT2D eigenvalue weighted by molar-refractivity contribution is 0.104. The van der Waals surface area contributed by atoms with Crippen LogP contribution < -0.4 is 0 Å². The summed E-state index contributed by atoms with van der Waals surface area (Å²) in [6, 6.07) is 8.44. The fourth-order valence-electron chi connectivity index (χ4n) is 1.94. The monoisotopic (exact) mass is 292 g/mol. The smallest absolute Gasteiger partial charge is 0.203 e. The second-order valence-electron chi connectivity index (χ2n) is 4.28. The van der Waals surface area contributed by atoms with Crippen molar-refractivity contribution in [2.45, 2.75) is 0 Å². The van der Waals surface area contributed by atoms with Gasteiger partial charge in [-0.2, -0.15) is 0 Å². The van der Waals surface area contributed by atoms with E-state index < -0.39 is 23.2 Å². The fraction of sp³-hybridized carbons (Fsp3) is 0. The van der Waals surface area contributed by atoms with Crippen LogP contribution in [-0.4, -0.2) is 5.78 Å². The van der Waals surface area contributed by atoms with E-state index in [9.17, 15) is 18.0 Å². The Hall–Kier alpha value is -2.14. The Morgan fingerprint density at radius 3 is 2.25 bits per heavy atom. The molecule has 0 atom stereocenters. The van der Waals surface area contributed by atoms with Crippen molar-refractivity contribution < 1.29 is 18.0 Å². The summed E-state index contributed by atoms with van der Waals surface area (Å²) in [5.41, 5.74) is -0.0606. The van der Waals surface area contributed by atoms with Gasteiger partial charge in [0, 0.05) is 16.3 Å². The van der Waals surface area contributed by atoms with Crippen LogP contribution in [0.4, 0.5) is 13.2 Å². The minimum Gasteiger partial charge on any atom is -0.288 e. The molecule has 0 unspecified atom stereocenters. The van der Waals surface area contributed by atoms with E-state index in [0.29, 0.717) is 15.6 Å². The van der Waals surface area contributed by atoms with E-state index in [1.54, 1.807) is 12.1 Å². The second kappa shape index (κ2) is 4.76. The van der Waals surface area contributed by atoms with E-state index >= 15 is 0 Å². The lowest BCUT2D eigenvalue weighted by Gasteiger charge is -1.98. The number of carbonyl (C=O) groups excluding carboxylic acids is 1. The largest absolute Gasteiger partial charge is 0.288 e. The highest BCUT2D eigenvalue weighted by Gasteiger charge is 2.15. The lowest BCUT2D eigenvalue weighted by atomic mass is 10.1. The molecule has 20 heavy (non-hydrogen) atoms. The zero-order valence-electron chi connectivity index (χ0n) is 9.99. The predicted octanol–water partition coefficient (Wildman–Crippen LogP) is 4.55. The first-order chi connectivity index (χ1) is 9.52. The van der Waals surface area contributed by atoms with Gasteiger partial charge >= 0.3 is 0 Å². The van der Waals surface area contributed by atoms with Crippen molar-refractivity contribution in [1.29, 1.82) is 0 Å². The van der Waals surface area contributed by atoms with Crippen molar-refractivity contribution in [3.63, 3.8) is 0 Å². The molecule has 5 heteroatoms. The Bertz CT molecular complexity index is 803. The molecule has 0 fully saturated rings. The van der Waals surface area contributed by atoms with Gasteiger partial charge in [-0.15, -0.1) is 11.3 Å². The average Bonchev–Trinajstić information content (AvgIpc) is 2.79. The maximum atomic E-state index is 13.1. The van der Waals surface area contributed by atoms with Crippen molar-refractivity contribution in [2.24, 2.45) is 0 Å². The molecule has 1 aromatic heterocycles. The Balaban J connectivity index is 2.07. The number of rotatable bonds is 2. The Morgan fingerprint density at radius 2 is 1.55 bits per heavy atom. The first-order valence-electron chi connectivity index (χ1n) is 5.73. The van der Waals surface area contributed by atoms with Gasteiger partial charge in [-0.1, -0.05) is 6.07 Å². The molecule has 0 radical (unpaired) electrons.